The molecule has 0 bridgehead atoms. The molecule has 0 saturated carbocycles. The van der Waals surface area contributed by atoms with Crippen LogP contribution in [0.1, 0.15) is 45.8 Å². The molecule has 5 heteroatoms. The van der Waals surface area contributed by atoms with Gasteiger partial charge in [-0.15, -0.1) is 0 Å². The Balaban J connectivity index is 1.95. The van der Waals surface area contributed by atoms with Gasteiger partial charge in [0.2, 0.25) is 0 Å². The second-order valence-electron chi connectivity index (χ2n) is 6.32. The molecule has 3 rings (SSSR count). The Kier molecular flexibility index (Phi) is 4.09. The molecule has 1 aromatic carbocycles. The molecule has 1 N–H and O–H groups in total. The quantitative estimate of drug-likeness (QED) is 0.804. The zero-order valence-corrected chi connectivity index (χ0v) is 14.7. The number of pyridine rings is 1. The highest BCUT2D eigenvalue weighted by Gasteiger charge is 2.19. The number of benzene rings is 1. The van der Waals surface area contributed by atoms with Gasteiger partial charge in [0.05, 0.1) is 22.7 Å². The zero-order valence-electron chi connectivity index (χ0n) is 14.7. The molecule has 1 atom stereocenters. The van der Waals surface area contributed by atoms with E-state index in [1.807, 2.05) is 46.0 Å². The predicted molar refractivity (Wildman–Crippen MR) is 95.0 cm³/mol. The lowest BCUT2D eigenvalue weighted by Crippen LogP contribution is -2.27. The molecule has 0 fully saturated rings. The summed E-state index contributed by atoms with van der Waals surface area (Å²) in [5, 5.41) is 8.30. The summed E-state index contributed by atoms with van der Waals surface area (Å²) in [7, 11) is 1.85. The summed E-state index contributed by atoms with van der Waals surface area (Å²) in [5.41, 5.74) is 5.27. The van der Waals surface area contributed by atoms with Gasteiger partial charge in [-0.2, -0.15) is 5.10 Å². The van der Waals surface area contributed by atoms with E-state index in [9.17, 15) is 4.79 Å². The molecular weight excluding hydrogens is 300 g/mol. The number of amides is 1. The average molecular weight is 322 g/mol. The molecule has 2 heterocycles. The van der Waals surface area contributed by atoms with Crippen LogP contribution in [-0.2, 0) is 7.05 Å². The maximum Gasteiger partial charge on any atom is 0.252 e. The Morgan fingerprint density at radius 3 is 2.50 bits per heavy atom. The van der Waals surface area contributed by atoms with Crippen molar-refractivity contribution in [1.29, 1.82) is 0 Å². The van der Waals surface area contributed by atoms with Gasteiger partial charge in [0.1, 0.15) is 0 Å². The van der Waals surface area contributed by atoms with Crippen LogP contribution in [-0.4, -0.2) is 20.7 Å². The van der Waals surface area contributed by atoms with E-state index >= 15 is 0 Å². The maximum absolute atomic E-state index is 12.8. The van der Waals surface area contributed by atoms with Crippen molar-refractivity contribution in [2.24, 2.45) is 7.05 Å². The first kappa shape index (κ1) is 16.2. The van der Waals surface area contributed by atoms with E-state index in [4.69, 9.17) is 0 Å². The summed E-state index contributed by atoms with van der Waals surface area (Å²) >= 11 is 0. The van der Waals surface area contributed by atoms with E-state index in [1.165, 1.54) is 5.56 Å². The van der Waals surface area contributed by atoms with Crippen LogP contribution in [0.4, 0.5) is 0 Å². The summed E-state index contributed by atoms with van der Waals surface area (Å²) in [6.07, 6.45) is 0. The fourth-order valence-electron chi connectivity index (χ4n) is 2.96. The number of nitrogens with one attached hydrogen (secondary N) is 1. The largest absolute Gasteiger partial charge is 0.345 e. The molecule has 24 heavy (non-hydrogen) atoms. The first-order valence-corrected chi connectivity index (χ1v) is 8.05. The number of rotatable bonds is 3. The minimum absolute atomic E-state index is 0.0707. The van der Waals surface area contributed by atoms with Gasteiger partial charge in [0.25, 0.3) is 5.91 Å². The molecular formula is C19H22N4O. The first-order chi connectivity index (χ1) is 11.4. The number of aromatic nitrogens is 3. The SMILES string of the molecule is Cc1ccc(C(C)NC(=O)c2cc(C)nc3c2c(C)nn3C)cc1. The Labute approximate surface area is 141 Å². The summed E-state index contributed by atoms with van der Waals surface area (Å²) in [6, 6.07) is 9.95. The van der Waals surface area contributed by atoms with Gasteiger partial charge in [0.15, 0.2) is 5.65 Å². The molecule has 124 valence electrons. The van der Waals surface area contributed by atoms with Crippen molar-refractivity contribution in [1.82, 2.24) is 20.1 Å². The molecule has 0 aliphatic carbocycles. The lowest BCUT2D eigenvalue weighted by molar-refractivity contribution is 0.0941. The van der Waals surface area contributed by atoms with Crippen LogP contribution in [0.2, 0.25) is 0 Å². The highest BCUT2D eigenvalue weighted by molar-refractivity contribution is 6.06. The van der Waals surface area contributed by atoms with Crippen LogP contribution in [0.5, 0.6) is 0 Å². The molecule has 1 unspecified atom stereocenters. The second kappa shape index (κ2) is 6.07. The fourth-order valence-corrected chi connectivity index (χ4v) is 2.96. The number of hydrogen-bond acceptors (Lipinski definition) is 3. The van der Waals surface area contributed by atoms with Gasteiger partial charge in [-0.05, 0) is 39.3 Å². The number of aryl methyl sites for hydroxylation is 4. The van der Waals surface area contributed by atoms with Gasteiger partial charge in [0, 0.05) is 12.7 Å². The average Bonchev–Trinajstić information content (AvgIpc) is 2.81. The molecule has 3 aromatic rings. The monoisotopic (exact) mass is 322 g/mol. The van der Waals surface area contributed by atoms with E-state index in [1.54, 1.807) is 4.68 Å². The summed E-state index contributed by atoms with van der Waals surface area (Å²) in [4.78, 5) is 17.4. The van der Waals surface area contributed by atoms with Gasteiger partial charge in [-0.3, -0.25) is 9.48 Å². The van der Waals surface area contributed by atoms with Crippen molar-refractivity contribution in [3.8, 4) is 0 Å². The van der Waals surface area contributed by atoms with Crippen molar-refractivity contribution < 1.29 is 4.79 Å². The molecule has 0 aliphatic rings. The van der Waals surface area contributed by atoms with E-state index in [2.05, 4.69) is 34.5 Å². The third-order valence-corrected chi connectivity index (χ3v) is 4.27. The third-order valence-electron chi connectivity index (χ3n) is 4.27. The summed E-state index contributed by atoms with van der Waals surface area (Å²) < 4.78 is 1.72. The van der Waals surface area contributed by atoms with Crippen molar-refractivity contribution in [2.45, 2.75) is 33.7 Å². The number of carbonyl (C=O) groups is 1. The van der Waals surface area contributed by atoms with Crippen molar-refractivity contribution in [2.75, 3.05) is 0 Å². The molecule has 1 amide bonds. The Morgan fingerprint density at radius 2 is 1.83 bits per heavy atom. The molecule has 0 radical (unpaired) electrons. The lowest BCUT2D eigenvalue weighted by atomic mass is 10.0. The Hall–Kier alpha value is -2.69. The van der Waals surface area contributed by atoms with Crippen LogP contribution in [0.15, 0.2) is 30.3 Å². The van der Waals surface area contributed by atoms with E-state index in [0.29, 0.717) is 5.56 Å². The zero-order chi connectivity index (χ0) is 17.4. The molecule has 0 aliphatic heterocycles. The highest BCUT2D eigenvalue weighted by Crippen LogP contribution is 2.22. The summed E-state index contributed by atoms with van der Waals surface area (Å²) in [6.45, 7) is 7.83. The normalized spacial score (nSPS) is 12.4. The highest BCUT2D eigenvalue weighted by atomic mass is 16.1. The molecule has 2 aromatic heterocycles. The summed E-state index contributed by atoms with van der Waals surface area (Å²) in [5.74, 6) is -0.102. The number of nitrogens with zero attached hydrogens (tertiary/aromatic N) is 3. The minimum Gasteiger partial charge on any atom is -0.345 e. The van der Waals surface area contributed by atoms with Gasteiger partial charge >= 0.3 is 0 Å². The Morgan fingerprint density at radius 1 is 1.17 bits per heavy atom. The van der Waals surface area contributed by atoms with Crippen LogP contribution < -0.4 is 5.32 Å². The third kappa shape index (κ3) is 2.89. The van der Waals surface area contributed by atoms with Crippen molar-refractivity contribution >= 4 is 16.9 Å². The van der Waals surface area contributed by atoms with Gasteiger partial charge in [-0.1, -0.05) is 29.8 Å². The molecule has 0 saturated heterocycles. The fraction of sp³-hybridized carbons (Fsp3) is 0.316. The number of carbonyl (C=O) groups excluding carboxylic acids is 1. The van der Waals surface area contributed by atoms with Crippen LogP contribution in [0.25, 0.3) is 11.0 Å². The van der Waals surface area contributed by atoms with E-state index < -0.39 is 0 Å². The lowest BCUT2D eigenvalue weighted by Gasteiger charge is -2.15. The van der Waals surface area contributed by atoms with Crippen LogP contribution in [0.3, 0.4) is 0 Å². The van der Waals surface area contributed by atoms with Gasteiger partial charge in [-0.25, -0.2) is 4.98 Å². The van der Waals surface area contributed by atoms with Gasteiger partial charge < -0.3 is 5.32 Å². The van der Waals surface area contributed by atoms with E-state index in [0.717, 1.165) is 28.0 Å². The van der Waals surface area contributed by atoms with Crippen molar-refractivity contribution in [3.63, 3.8) is 0 Å². The maximum atomic E-state index is 12.8. The number of fused-ring (bicyclic) bond motifs is 1. The minimum atomic E-state index is -0.102. The number of hydrogen-bond donors (Lipinski definition) is 1. The standard InChI is InChI=1S/C19H22N4O/c1-11-6-8-15(9-7-11)13(3)21-19(24)16-10-12(2)20-18-17(16)14(4)22-23(18)5/h6-10,13H,1-5H3,(H,21,24). The predicted octanol–water partition coefficient (Wildman–Crippen LogP) is 3.38. The molecule has 0 spiro atoms. The van der Waals surface area contributed by atoms with Crippen LogP contribution in [0, 0.1) is 20.8 Å². The second-order valence-corrected chi connectivity index (χ2v) is 6.32. The smallest absolute Gasteiger partial charge is 0.252 e. The first-order valence-electron chi connectivity index (χ1n) is 8.05. The Bertz CT molecular complexity index is 909. The molecule has 5 nitrogen and oxygen atoms in total. The topological polar surface area (TPSA) is 59.8 Å². The van der Waals surface area contributed by atoms with Crippen molar-refractivity contribution in [3.05, 3.63) is 58.4 Å². The van der Waals surface area contributed by atoms with E-state index in [-0.39, 0.29) is 11.9 Å². The van der Waals surface area contributed by atoms with Crippen LogP contribution >= 0.6 is 0 Å².